The number of pyridine rings is 1. The van der Waals surface area contributed by atoms with Crippen molar-refractivity contribution in [3.63, 3.8) is 0 Å². The maximum absolute atomic E-state index is 13.2. The molecule has 2 fully saturated rings. The predicted molar refractivity (Wildman–Crippen MR) is 136 cm³/mol. The Morgan fingerprint density at radius 1 is 1.38 bits per heavy atom. The van der Waals surface area contributed by atoms with E-state index in [0.717, 1.165) is 0 Å². The molecule has 2 aliphatic heterocycles. The molecule has 13 nitrogen and oxygen atoms in total. The number of thioether (sulfide) groups is 2. The zero-order chi connectivity index (χ0) is 27.4. The Bertz CT molecular complexity index is 1120. The molecular formula is C22H27N5O8S2. The fourth-order valence-corrected chi connectivity index (χ4v) is 6.04. The van der Waals surface area contributed by atoms with Crippen molar-refractivity contribution in [1.29, 1.82) is 0 Å². The first-order chi connectivity index (χ1) is 17.4. The average Bonchev–Trinajstić information content (AvgIpc) is 2.83. The number of fused-ring (bicyclic) bond motifs is 1. The molecule has 15 heteroatoms. The second-order valence-corrected chi connectivity index (χ2v) is 11.4. The van der Waals surface area contributed by atoms with Gasteiger partial charge in [-0.1, -0.05) is 11.2 Å². The van der Waals surface area contributed by atoms with Crippen LogP contribution in [0.2, 0.25) is 0 Å². The van der Waals surface area contributed by atoms with E-state index < -0.39 is 52.1 Å². The number of carboxylic acid groups (broad SMARTS) is 1. The van der Waals surface area contributed by atoms with Crippen LogP contribution in [0.15, 0.2) is 23.4 Å². The van der Waals surface area contributed by atoms with E-state index in [1.165, 1.54) is 46.6 Å². The highest BCUT2D eigenvalue weighted by Crippen LogP contribution is 2.43. The molecule has 1 aromatic rings. The van der Waals surface area contributed by atoms with Gasteiger partial charge in [-0.2, -0.15) is 0 Å². The molecule has 2 aliphatic rings. The summed E-state index contributed by atoms with van der Waals surface area (Å²) in [6.45, 7) is 4.49. The fourth-order valence-electron chi connectivity index (χ4n) is 3.53. The third kappa shape index (κ3) is 6.52. The zero-order valence-corrected chi connectivity index (χ0v) is 22.2. The maximum atomic E-state index is 13.2. The monoisotopic (exact) mass is 553 g/mol. The van der Waals surface area contributed by atoms with E-state index in [1.54, 1.807) is 27.0 Å². The summed E-state index contributed by atoms with van der Waals surface area (Å²) in [6, 6.07) is 3.53. The Morgan fingerprint density at radius 2 is 2.11 bits per heavy atom. The third-order valence-electron chi connectivity index (χ3n) is 5.29. The molecule has 200 valence electrons. The molecule has 1 aromatic heterocycles. The number of carbonyl (C=O) groups excluding carboxylic acids is 4. The lowest BCUT2D eigenvalue weighted by atomic mass is 10.0. The van der Waals surface area contributed by atoms with Crippen molar-refractivity contribution in [2.75, 3.05) is 30.5 Å². The van der Waals surface area contributed by atoms with Crippen LogP contribution in [0.3, 0.4) is 0 Å². The number of ether oxygens (including phenoxy) is 1. The highest BCUT2D eigenvalue weighted by atomic mass is 32.2. The quantitative estimate of drug-likeness (QED) is 0.119. The Hall–Kier alpha value is -3.33. The average molecular weight is 554 g/mol. The number of amides is 3. The first-order valence-corrected chi connectivity index (χ1v) is 13.3. The summed E-state index contributed by atoms with van der Waals surface area (Å²) in [5.74, 6) is -2.55. The summed E-state index contributed by atoms with van der Waals surface area (Å²) < 4.78 is 4.03. The number of carboxylic acids is 1. The molecule has 2 saturated heterocycles. The number of anilines is 1. The molecule has 3 amide bonds. The summed E-state index contributed by atoms with van der Waals surface area (Å²) in [7, 11) is 0. The van der Waals surface area contributed by atoms with Crippen molar-refractivity contribution >= 4 is 65.2 Å². The molecule has 0 spiro atoms. The van der Waals surface area contributed by atoms with Gasteiger partial charge in [-0.25, -0.2) is 9.78 Å². The molecule has 0 saturated carbocycles. The maximum Gasteiger partial charge on any atom is 0.347 e. The summed E-state index contributed by atoms with van der Waals surface area (Å²) in [5.41, 5.74) is -1.07. The normalized spacial score (nSPS) is 23.3. The number of hydrogen-bond donors (Lipinski definition) is 3. The van der Waals surface area contributed by atoms with Gasteiger partial charge in [0.1, 0.15) is 33.3 Å². The molecule has 3 atom stereocenters. The number of β-lactam (4-membered cyclic amide) rings is 1. The lowest BCUT2D eigenvalue weighted by Crippen LogP contribution is -2.74. The van der Waals surface area contributed by atoms with Gasteiger partial charge in [0.25, 0.3) is 5.91 Å². The molecule has 0 aliphatic carbocycles. The minimum Gasteiger partial charge on any atom is -0.480 e. The van der Waals surface area contributed by atoms with Gasteiger partial charge in [-0.05, 0) is 39.2 Å². The van der Waals surface area contributed by atoms with Crippen molar-refractivity contribution in [2.45, 2.75) is 42.5 Å². The molecule has 0 aromatic carbocycles. The summed E-state index contributed by atoms with van der Waals surface area (Å²) in [6.07, 6.45) is 2.09. The standard InChI is InChI=1S/C22H27N5O8S2/c1-21(2,3)35-14(29)8-34-26-15(12-6-5-7-13(24-12)23-11-28)17(30)25-16-18(31)27-9-22(36-4,20(32)33)10-37-19(16)27/h5-7,11,16,19H,8-10H2,1-4H3,(H,25,30)(H,32,33)(H,23,24,28)/t16?,19-,22?/m1/s1. The van der Waals surface area contributed by atoms with Crippen LogP contribution in [0, 0.1) is 0 Å². The Balaban J connectivity index is 1.76. The second-order valence-electron chi connectivity index (χ2n) is 9.09. The van der Waals surface area contributed by atoms with Gasteiger partial charge in [-0.3, -0.25) is 19.2 Å². The van der Waals surface area contributed by atoms with Crippen LogP contribution in [0.4, 0.5) is 5.82 Å². The Labute approximate surface area is 221 Å². The van der Waals surface area contributed by atoms with Crippen LogP contribution in [0.25, 0.3) is 0 Å². The third-order valence-corrected chi connectivity index (χ3v) is 8.23. The molecular weight excluding hydrogens is 526 g/mol. The van der Waals surface area contributed by atoms with Crippen molar-refractivity contribution < 1.29 is 38.7 Å². The van der Waals surface area contributed by atoms with Crippen molar-refractivity contribution in [2.24, 2.45) is 5.16 Å². The van der Waals surface area contributed by atoms with Gasteiger partial charge in [0.05, 0.1) is 0 Å². The van der Waals surface area contributed by atoms with Crippen LogP contribution in [-0.4, -0.2) is 97.8 Å². The first-order valence-electron chi connectivity index (χ1n) is 11.0. The fraction of sp³-hybridized carbons (Fsp3) is 0.500. The first kappa shape index (κ1) is 28.2. The van der Waals surface area contributed by atoms with E-state index in [1.807, 2.05) is 0 Å². The largest absolute Gasteiger partial charge is 0.480 e. The van der Waals surface area contributed by atoms with Crippen LogP contribution in [0.5, 0.6) is 0 Å². The number of nitrogens with zero attached hydrogens (tertiary/aromatic N) is 3. The molecule has 2 unspecified atom stereocenters. The smallest absolute Gasteiger partial charge is 0.347 e. The number of oxime groups is 1. The summed E-state index contributed by atoms with van der Waals surface area (Å²) in [5, 5.41) is 17.9. The molecule has 0 bridgehead atoms. The molecule has 3 heterocycles. The minimum absolute atomic E-state index is 0.0146. The van der Waals surface area contributed by atoms with Gasteiger partial charge in [0, 0.05) is 12.3 Å². The number of aliphatic carboxylic acids is 1. The molecule has 3 N–H and O–H groups in total. The topological polar surface area (TPSA) is 177 Å². The Morgan fingerprint density at radius 3 is 2.73 bits per heavy atom. The Kier molecular flexibility index (Phi) is 8.68. The highest BCUT2D eigenvalue weighted by molar-refractivity contribution is 8.04. The van der Waals surface area contributed by atoms with Gasteiger partial charge < -0.3 is 30.2 Å². The van der Waals surface area contributed by atoms with Crippen LogP contribution >= 0.6 is 23.5 Å². The number of carbonyl (C=O) groups is 5. The van der Waals surface area contributed by atoms with E-state index in [0.29, 0.717) is 6.41 Å². The number of esters is 1. The van der Waals surface area contributed by atoms with E-state index in [2.05, 4.69) is 20.8 Å². The van der Waals surface area contributed by atoms with E-state index in [4.69, 9.17) is 9.57 Å². The van der Waals surface area contributed by atoms with Gasteiger partial charge in [-0.15, -0.1) is 23.5 Å². The van der Waals surface area contributed by atoms with Crippen molar-refractivity contribution in [3.05, 3.63) is 23.9 Å². The summed E-state index contributed by atoms with van der Waals surface area (Å²) >= 11 is 2.43. The SMILES string of the molecule is CSC1(C(=O)O)CS[C@@H]2C(NC(=O)C(=NOCC(=O)OC(C)(C)C)c3cccc(NC=O)n3)C(=O)N2C1. The molecule has 37 heavy (non-hydrogen) atoms. The van der Waals surface area contributed by atoms with E-state index >= 15 is 0 Å². The lowest BCUT2D eigenvalue weighted by Gasteiger charge is -2.53. The van der Waals surface area contributed by atoms with Gasteiger partial charge >= 0.3 is 11.9 Å². The zero-order valence-electron chi connectivity index (χ0n) is 20.5. The lowest BCUT2D eigenvalue weighted by molar-refractivity contribution is -0.160. The van der Waals surface area contributed by atoms with E-state index in [-0.39, 0.29) is 29.5 Å². The van der Waals surface area contributed by atoms with Crippen molar-refractivity contribution in [1.82, 2.24) is 15.2 Å². The van der Waals surface area contributed by atoms with Crippen LogP contribution in [0.1, 0.15) is 26.5 Å². The van der Waals surface area contributed by atoms with Gasteiger partial charge in [0.2, 0.25) is 18.9 Å². The van der Waals surface area contributed by atoms with Gasteiger partial charge in [0.15, 0.2) is 5.71 Å². The minimum atomic E-state index is -1.12. The second kappa shape index (κ2) is 11.4. The number of nitrogens with one attached hydrogen (secondary N) is 2. The van der Waals surface area contributed by atoms with E-state index in [9.17, 15) is 29.1 Å². The number of hydrogen-bond acceptors (Lipinski definition) is 11. The van der Waals surface area contributed by atoms with Crippen molar-refractivity contribution in [3.8, 4) is 0 Å². The number of rotatable bonds is 10. The molecule has 0 radical (unpaired) electrons. The molecule has 3 rings (SSSR count). The highest BCUT2D eigenvalue weighted by Gasteiger charge is 2.57. The van der Waals surface area contributed by atoms with Crippen LogP contribution < -0.4 is 10.6 Å². The predicted octanol–water partition coefficient (Wildman–Crippen LogP) is 0.299. The summed E-state index contributed by atoms with van der Waals surface area (Å²) in [4.78, 5) is 71.1. The number of aromatic nitrogens is 1. The van der Waals surface area contributed by atoms with Crippen LogP contribution in [-0.2, 0) is 33.5 Å².